The lowest BCUT2D eigenvalue weighted by atomic mass is 10.1. The second-order valence-corrected chi connectivity index (χ2v) is 7.72. The molecule has 1 fully saturated rings. The van der Waals surface area contributed by atoms with E-state index in [1.165, 1.54) is 0 Å². The SMILES string of the molecule is CC(C)CN1CCN(Cc2ccc(S(N)(=O)=O)cc2)CC1. The van der Waals surface area contributed by atoms with Crippen molar-refractivity contribution in [2.75, 3.05) is 32.7 Å². The summed E-state index contributed by atoms with van der Waals surface area (Å²) in [4.78, 5) is 5.08. The van der Waals surface area contributed by atoms with Gasteiger partial charge in [-0.05, 0) is 23.6 Å². The molecule has 1 aliphatic heterocycles. The Morgan fingerprint density at radius 2 is 1.57 bits per heavy atom. The highest BCUT2D eigenvalue weighted by molar-refractivity contribution is 7.89. The highest BCUT2D eigenvalue weighted by Crippen LogP contribution is 2.13. The van der Waals surface area contributed by atoms with Gasteiger partial charge in [0.2, 0.25) is 10.0 Å². The Balaban J connectivity index is 1.86. The van der Waals surface area contributed by atoms with E-state index < -0.39 is 10.0 Å². The lowest BCUT2D eigenvalue weighted by Gasteiger charge is -2.35. The van der Waals surface area contributed by atoms with Gasteiger partial charge in [0.15, 0.2) is 0 Å². The lowest BCUT2D eigenvalue weighted by molar-refractivity contribution is 0.117. The Morgan fingerprint density at radius 3 is 2.05 bits per heavy atom. The molecule has 0 radical (unpaired) electrons. The minimum Gasteiger partial charge on any atom is -0.301 e. The normalized spacial score (nSPS) is 18.3. The van der Waals surface area contributed by atoms with E-state index in [0.717, 1.165) is 44.8 Å². The Hall–Kier alpha value is -0.950. The van der Waals surface area contributed by atoms with Gasteiger partial charge in [-0.3, -0.25) is 4.90 Å². The van der Waals surface area contributed by atoms with Crippen LogP contribution in [0.1, 0.15) is 19.4 Å². The van der Waals surface area contributed by atoms with Gasteiger partial charge in [-0.1, -0.05) is 26.0 Å². The van der Waals surface area contributed by atoms with Crippen molar-refractivity contribution >= 4 is 10.0 Å². The summed E-state index contributed by atoms with van der Waals surface area (Å²) in [7, 11) is -3.59. The molecule has 2 rings (SSSR count). The third-order valence-corrected chi connectivity index (χ3v) is 4.68. The molecule has 0 atom stereocenters. The molecule has 0 saturated carbocycles. The van der Waals surface area contributed by atoms with Gasteiger partial charge in [-0.15, -0.1) is 0 Å². The van der Waals surface area contributed by atoms with Crippen LogP contribution in [0.5, 0.6) is 0 Å². The van der Waals surface area contributed by atoms with Crippen LogP contribution in [0.25, 0.3) is 0 Å². The number of hydrogen-bond acceptors (Lipinski definition) is 4. The van der Waals surface area contributed by atoms with E-state index in [1.54, 1.807) is 12.1 Å². The number of sulfonamides is 1. The number of hydrogen-bond donors (Lipinski definition) is 1. The molecule has 1 aromatic carbocycles. The highest BCUT2D eigenvalue weighted by Gasteiger charge is 2.17. The third-order valence-electron chi connectivity index (χ3n) is 3.75. The highest BCUT2D eigenvalue weighted by atomic mass is 32.2. The fourth-order valence-corrected chi connectivity index (χ4v) is 3.20. The molecule has 0 aromatic heterocycles. The monoisotopic (exact) mass is 311 g/mol. The van der Waals surface area contributed by atoms with E-state index in [2.05, 4.69) is 23.6 Å². The quantitative estimate of drug-likeness (QED) is 0.884. The first kappa shape index (κ1) is 16.4. The Kier molecular flexibility index (Phi) is 5.37. The van der Waals surface area contributed by atoms with E-state index in [-0.39, 0.29) is 4.90 Å². The molecule has 0 bridgehead atoms. The number of nitrogens with zero attached hydrogens (tertiary/aromatic N) is 2. The summed E-state index contributed by atoms with van der Waals surface area (Å²) in [5.41, 5.74) is 1.12. The topological polar surface area (TPSA) is 66.6 Å². The summed E-state index contributed by atoms with van der Waals surface area (Å²) >= 11 is 0. The van der Waals surface area contributed by atoms with Gasteiger partial charge in [-0.25, -0.2) is 13.6 Å². The van der Waals surface area contributed by atoms with Gasteiger partial charge in [0.25, 0.3) is 0 Å². The number of piperazine rings is 1. The molecule has 1 aromatic rings. The first-order chi connectivity index (χ1) is 9.84. The van der Waals surface area contributed by atoms with Crippen molar-refractivity contribution in [3.8, 4) is 0 Å². The molecule has 2 N–H and O–H groups in total. The summed E-state index contributed by atoms with van der Waals surface area (Å²) in [6.45, 7) is 10.9. The standard InChI is InChI=1S/C15H25N3O2S/c1-13(2)11-17-7-9-18(10-8-17)12-14-3-5-15(6-4-14)21(16,19)20/h3-6,13H,7-12H2,1-2H3,(H2,16,19,20). The average molecular weight is 311 g/mol. The van der Waals surface area contributed by atoms with Crippen molar-refractivity contribution in [2.24, 2.45) is 11.1 Å². The number of benzene rings is 1. The molecule has 1 saturated heterocycles. The minimum absolute atomic E-state index is 0.174. The number of nitrogens with two attached hydrogens (primary N) is 1. The van der Waals surface area contributed by atoms with E-state index in [9.17, 15) is 8.42 Å². The lowest BCUT2D eigenvalue weighted by Crippen LogP contribution is -2.46. The van der Waals surface area contributed by atoms with Gasteiger partial charge in [-0.2, -0.15) is 0 Å². The maximum absolute atomic E-state index is 11.2. The largest absolute Gasteiger partial charge is 0.301 e. The summed E-state index contributed by atoms with van der Waals surface area (Å²) in [6.07, 6.45) is 0. The first-order valence-corrected chi connectivity index (χ1v) is 8.95. The fraction of sp³-hybridized carbons (Fsp3) is 0.600. The van der Waals surface area contributed by atoms with E-state index in [1.807, 2.05) is 12.1 Å². The summed E-state index contributed by atoms with van der Waals surface area (Å²) in [5.74, 6) is 0.710. The van der Waals surface area contributed by atoms with Gasteiger partial charge in [0, 0.05) is 39.3 Å². The van der Waals surface area contributed by atoms with Crippen molar-refractivity contribution < 1.29 is 8.42 Å². The molecular formula is C15H25N3O2S. The molecule has 0 amide bonds. The second kappa shape index (κ2) is 6.87. The zero-order chi connectivity index (χ0) is 15.5. The average Bonchev–Trinajstić information content (AvgIpc) is 2.40. The van der Waals surface area contributed by atoms with Crippen LogP contribution in [0, 0.1) is 5.92 Å². The first-order valence-electron chi connectivity index (χ1n) is 7.41. The summed E-state index contributed by atoms with van der Waals surface area (Å²) in [6, 6.07) is 6.86. The molecule has 1 aliphatic rings. The Bertz CT molecular complexity index is 547. The smallest absolute Gasteiger partial charge is 0.238 e. The number of primary sulfonamides is 1. The molecule has 118 valence electrons. The van der Waals surface area contributed by atoms with Gasteiger partial charge >= 0.3 is 0 Å². The van der Waals surface area contributed by atoms with Crippen LogP contribution in [-0.2, 0) is 16.6 Å². The zero-order valence-electron chi connectivity index (χ0n) is 12.8. The maximum atomic E-state index is 11.2. The minimum atomic E-state index is -3.59. The molecule has 0 unspecified atom stereocenters. The van der Waals surface area contributed by atoms with Crippen LogP contribution in [0.2, 0.25) is 0 Å². The van der Waals surface area contributed by atoms with Gasteiger partial charge in [0.05, 0.1) is 4.90 Å². The van der Waals surface area contributed by atoms with Crippen LogP contribution in [0.3, 0.4) is 0 Å². The third kappa shape index (κ3) is 5.07. The molecular weight excluding hydrogens is 286 g/mol. The molecule has 6 heteroatoms. The molecule has 0 aliphatic carbocycles. The van der Waals surface area contributed by atoms with Crippen LogP contribution in [0.4, 0.5) is 0 Å². The van der Waals surface area contributed by atoms with Crippen molar-refractivity contribution in [2.45, 2.75) is 25.3 Å². The molecule has 5 nitrogen and oxygen atoms in total. The predicted octanol–water partition coefficient (Wildman–Crippen LogP) is 1.11. The van der Waals surface area contributed by atoms with Crippen molar-refractivity contribution in [1.29, 1.82) is 0 Å². The molecule has 21 heavy (non-hydrogen) atoms. The van der Waals surface area contributed by atoms with Gasteiger partial charge < -0.3 is 4.90 Å². The summed E-state index contributed by atoms with van der Waals surface area (Å²) in [5, 5.41) is 5.10. The van der Waals surface area contributed by atoms with Crippen LogP contribution >= 0.6 is 0 Å². The fourth-order valence-electron chi connectivity index (χ4n) is 2.69. The van der Waals surface area contributed by atoms with Crippen molar-refractivity contribution in [3.05, 3.63) is 29.8 Å². The van der Waals surface area contributed by atoms with E-state index in [0.29, 0.717) is 5.92 Å². The van der Waals surface area contributed by atoms with Crippen molar-refractivity contribution in [1.82, 2.24) is 9.80 Å². The molecule has 0 spiro atoms. The second-order valence-electron chi connectivity index (χ2n) is 6.16. The zero-order valence-corrected chi connectivity index (χ0v) is 13.6. The Labute approximate surface area is 127 Å². The maximum Gasteiger partial charge on any atom is 0.238 e. The van der Waals surface area contributed by atoms with Crippen LogP contribution < -0.4 is 5.14 Å². The molecule has 1 heterocycles. The van der Waals surface area contributed by atoms with Crippen LogP contribution in [0.15, 0.2) is 29.2 Å². The van der Waals surface area contributed by atoms with Crippen LogP contribution in [-0.4, -0.2) is 50.9 Å². The van der Waals surface area contributed by atoms with Crippen molar-refractivity contribution in [3.63, 3.8) is 0 Å². The van der Waals surface area contributed by atoms with Gasteiger partial charge in [0.1, 0.15) is 0 Å². The number of rotatable bonds is 5. The summed E-state index contributed by atoms with van der Waals surface area (Å²) < 4.78 is 22.4. The van der Waals surface area contributed by atoms with E-state index in [4.69, 9.17) is 5.14 Å². The predicted molar refractivity (Wildman–Crippen MR) is 84.4 cm³/mol. The Morgan fingerprint density at radius 1 is 1.05 bits per heavy atom. The van der Waals surface area contributed by atoms with E-state index >= 15 is 0 Å².